The Morgan fingerprint density at radius 1 is 1.00 bits per heavy atom. The molecule has 0 aliphatic heterocycles. The molecule has 3 heteroatoms. The molecule has 2 rings (SSSR count). The third kappa shape index (κ3) is 3.56. The third-order valence-electron chi connectivity index (χ3n) is 3.72. The summed E-state index contributed by atoms with van der Waals surface area (Å²) in [4.78, 5) is 4.66. The van der Waals surface area contributed by atoms with Gasteiger partial charge in [-0.05, 0) is 44.0 Å². The SMILES string of the molecule is CCCNCCNCc1c(C)c(C)nc2ccccc12. The molecule has 0 aliphatic rings. The Morgan fingerprint density at radius 3 is 2.55 bits per heavy atom. The zero-order chi connectivity index (χ0) is 14.4. The second-order valence-electron chi connectivity index (χ2n) is 5.24. The Labute approximate surface area is 121 Å². The van der Waals surface area contributed by atoms with Crippen molar-refractivity contribution in [1.29, 1.82) is 0 Å². The van der Waals surface area contributed by atoms with E-state index in [-0.39, 0.29) is 0 Å². The van der Waals surface area contributed by atoms with Gasteiger partial charge in [0.05, 0.1) is 5.52 Å². The second kappa shape index (κ2) is 7.36. The van der Waals surface area contributed by atoms with E-state index in [0.717, 1.165) is 37.4 Å². The number of fused-ring (bicyclic) bond motifs is 1. The lowest BCUT2D eigenvalue weighted by Gasteiger charge is -2.13. The average Bonchev–Trinajstić information content (AvgIpc) is 2.46. The van der Waals surface area contributed by atoms with Crippen LogP contribution in [-0.4, -0.2) is 24.6 Å². The van der Waals surface area contributed by atoms with E-state index < -0.39 is 0 Å². The highest BCUT2D eigenvalue weighted by molar-refractivity contribution is 5.83. The van der Waals surface area contributed by atoms with Crippen molar-refractivity contribution in [1.82, 2.24) is 15.6 Å². The first kappa shape index (κ1) is 14.9. The minimum Gasteiger partial charge on any atom is -0.315 e. The van der Waals surface area contributed by atoms with Gasteiger partial charge < -0.3 is 10.6 Å². The van der Waals surface area contributed by atoms with Gasteiger partial charge in [-0.3, -0.25) is 4.98 Å². The number of aryl methyl sites for hydroxylation is 1. The van der Waals surface area contributed by atoms with Crippen LogP contribution in [0.5, 0.6) is 0 Å². The quantitative estimate of drug-likeness (QED) is 0.760. The summed E-state index contributed by atoms with van der Waals surface area (Å²) in [5.74, 6) is 0. The summed E-state index contributed by atoms with van der Waals surface area (Å²) in [7, 11) is 0. The fraction of sp³-hybridized carbons (Fsp3) is 0.471. The second-order valence-corrected chi connectivity index (χ2v) is 5.24. The number of rotatable bonds is 7. The lowest BCUT2D eigenvalue weighted by atomic mass is 10.0. The monoisotopic (exact) mass is 271 g/mol. The molecule has 0 unspecified atom stereocenters. The fourth-order valence-electron chi connectivity index (χ4n) is 2.43. The van der Waals surface area contributed by atoms with Crippen LogP contribution in [0, 0.1) is 13.8 Å². The molecule has 2 aromatic rings. The summed E-state index contributed by atoms with van der Waals surface area (Å²) in [6.45, 7) is 10.5. The fourth-order valence-corrected chi connectivity index (χ4v) is 2.43. The Kier molecular flexibility index (Phi) is 5.50. The van der Waals surface area contributed by atoms with E-state index in [1.807, 2.05) is 0 Å². The molecule has 3 nitrogen and oxygen atoms in total. The highest BCUT2D eigenvalue weighted by Gasteiger charge is 2.08. The maximum Gasteiger partial charge on any atom is 0.0708 e. The summed E-state index contributed by atoms with van der Waals surface area (Å²) >= 11 is 0. The van der Waals surface area contributed by atoms with Crippen LogP contribution in [0.25, 0.3) is 10.9 Å². The normalized spacial score (nSPS) is 11.2. The molecule has 1 aromatic carbocycles. The van der Waals surface area contributed by atoms with E-state index in [1.165, 1.54) is 22.9 Å². The van der Waals surface area contributed by atoms with Gasteiger partial charge >= 0.3 is 0 Å². The number of para-hydroxylation sites is 1. The van der Waals surface area contributed by atoms with Crippen LogP contribution in [0.4, 0.5) is 0 Å². The molecule has 108 valence electrons. The number of benzene rings is 1. The van der Waals surface area contributed by atoms with Crippen molar-refractivity contribution in [2.24, 2.45) is 0 Å². The molecule has 20 heavy (non-hydrogen) atoms. The third-order valence-corrected chi connectivity index (χ3v) is 3.72. The Bertz CT molecular complexity index is 563. The van der Waals surface area contributed by atoms with E-state index in [2.05, 4.69) is 60.7 Å². The number of hydrogen-bond acceptors (Lipinski definition) is 3. The maximum atomic E-state index is 4.66. The van der Waals surface area contributed by atoms with E-state index >= 15 is 0 Å². The van der Waals surface area contributed by atoms with Gasteiger partial charge in [-0.25, -0.2) is 0 Å². The van der Waals surface area contributed by atoms with Crippen LogP contribution in [-0.2, 0) is 6.54 Å². The minimum atomic E-state index is 0.906. The average molecular weight is 271 g/mol. The van der Waals surface area contributed by atoms with Crippen LogP contribution in [0.2, 0.25) is 0 Å². The van der Waals surface area contributed by atoms with Crippen molar-refractivity contribution in [3.05, 3.63) is 41.1 Å². The molecular formula is C17H25N3. The molecule has 0 saturated heterocycles. The van der Waals surface area contributed by atoms with Gasteiger partial charge in [-0.15, -0.1) is 0 Å². The predicted molar refractivity (Wildman–Crippen MR) is 86.1 cm³/mol. The van der Waals surface area contributed by atoms with Gasteiger partial charge in [-0.2, -0.15) is 0 Å². The van der Waals surface area contributed by atoms with Crippen molar-refractivity contribution in [3.63, 3.8) is 0 Å². The van der Waals surface area contributed by atoms with Crippen molar-refractivity contribution >= 4 is 10.9 Å². The van der Waals surface area contributed by atoms with Crippen molar-refractivity contribution in [3.8, 4) is 0 Å². The molecule has 2 N–H and O–H groups in total. The molecule has 0 radical (unpaired) electrons. The highest BCUT2D eigenvalue weighted by Crippen LogP contribution is 2.22. The molecule has 0 saturated carbocycles. The van der Waals surface area contributed by atoms with Crippen LogP contribution >= 0.6 is 0 Å². The largest absolute Gasteiger partial charge is 0.315 e. The van der Waals surface area contributed by atoms with Gasteiger partial charge in [0.2, 0.25) is 0 Å². The zero-order valence-electron chi connectivity index (χ0n) is 12.8. The first-order chi connectivity index (χ1) is 9.74. The molecule has 0 atom stereocenters. The first-order valence-corrected chi connectivity index (χ1v) is 7.50. The van der Waals surface area contributed by atoms with Crippen molar-refractivity contribution < 1.29 is 0 Å². The first-order valence-electron chi connectivity index (χ1n) is 7.50. The van der Waals surface area contributed by atoms with Crippen molar-refractivity contribution in [2.45, 2.75) is 33.7 Å². The number of pyridine rings is 1. The Hall–Kier alpha value is -1.45. The zero-order valence-corrected chi connectivity index (χ0v) is 12.8. The molecule has 1 aromatic heterocycles. The smallest absolute Gasteiger partial charge is 0.0708 e. The van der Waals surface area contributed by atoms with Gasteiger partial charge in [-0.1, -0.05) is 25.1 Å². The maximum absolute atomic E-state index is 4.66. The van der Waals surface area contributed by atoms with E-state index in [9.17, 15) is 0 Å². The van der Waals surface area contributed by atoms with E-state index in [4.69, 9.17) is 0 Å². The molecule has 0 amide bonds. The highest BCUT2D eigenvalue weighted by atomic mass is 14.9. The number of aromatic nitrogens is 1. The Morgan fingerprint density at radius 2 is 1.75 bits per heavy atom. The number of hydrogen-bond donors (Lipinski definition) is 2. The van der Waals surface area contributed by atoms with Gasteiger partial charge in [0.15, 0.2) is 0 Å². The molecule has 0 aliphatic carbocycles. The van der Waals surface area contributed by atoms with Gasteiger partial charge in [0, 0.05) is 30.7 Å². The van der Waals surface area contributed by atoms with E-state index in [1.54, 1.807) is 0 Å². The molecule has 0 fully saturated rings. The van der Waals surface area contributed by atoms with Crippen LogP contribution in [0.15, 0.2) is 24.3 Å². The van der Waals surface area contributed by atoms with Crippen LogP contribution in [0.1, 0.15) is 30.2 Å². The lowest BCUT2D eigenvalue weighted by molar-refractivity contribution is 0.607. The topological polar surface area (TPSA) is 37.0 Å². The summed E-state index contributed by atoms with van der Waals surface area (Å²) in [5, 5.41) is 8.21. The molecular weight excluding hydrogens is 246 g/mol. The van der Waals surface area contributed by atoms with Crippen molar-refractivity contribution in [2.75, 3.05) is 19.6 Å². The predicted octanol–water partition coefficient (Wildman–Crippen LogP) is 2.94. The molecule has 1 heterocycles. The van der Waals surface area contributed by atoms with E-state index in [0.29, 0.717) is 0 Å². The van der Waals surface area contributed by atoms with Crippen LogP contribution in [0.3, 0.4) is 0 Å². The van der Waals surface area contributed by atoms with Gasteiger partial charge in [0.1, 0.15) is 0 Å². The summed E-state index contributed by atoms with van der Waals surface area (Å²) in [6.07, 6.45) is 1.19. The number of nitrogens with one attached hydrogen (secondary N) is 2. The summed E-state index contributed by atoms with van der Waals surface area (Å²) in [6, 6.07) is 8.40. The standard InChI is InChI=1S/C17H25N3/c1-4-9-18-10-11-19-12-16-13(2)14(3)20-17-8-6-5-7-15(16)17/h5-8,18-19H,4,9-12H2,1-3H3. The summed E-state index contributed by atoms with van der Waals surface area (Å²) in [5.41, 5.74) is 4.91. The summed E-state index contributed by atoms with van der Waals surface area (Å²) < 4.78 is 0. The van der Waals surface area contributed by atoms with Gasteiger partial charge in [0.25, 0.3) is 0 Å². The van der Waals surface area contributed by atoms with Crippen LogP contribution < -0.4 is 10.6 Å². The lowest BCUT2D eigenvalue weighted by Crippen LogP contribution is -2.27. The minimum absolute atomic E-state index is 0.906. The molecule has 0 spiro atoms. The number of nitrogens with zero attached hydrogens (tertiary/aromatic N) is 1. The Balaban J connectivity index is 2.07. The molecule has 0 bridgehead atoms.